The number of thiocarbonyl (C=S) groups is 1. The van der Waals surface area contributed by atoms with E-state index in [-0.39, 0.29) is 35.8 Å². The Hall–Kier alpha value is -1.24. The SMILES string of the molecule is COC1=CC=C/C(=C/NNC(N)=S)C1=O.O.[Zn]. The summed E-state index contributed by atoms with van der Waals surface area (Å²) in [7, 11) is 1.45. The van der Waals surface area contributed by atoms with Crippen LogP contribution in [0.25, 0.3) is 0 Å². The zero-order valence-electron chi connectivity index (χ0n) is 9.32. The van der Waals surface area contributed by atoms with Crippen LogP contribution < -0.4 is 16.6 Å². The van der Waals surface area contributed by atoms with Gasteiger partial charge in [0.15, 0.2) is 10.9 Å². The number of allylic oxidation sites excluding steroid dienone is 4. The largest absolute Gasteiger partial charge is 0.493 e. The van der Waals surface area contributed by atoms with Gasteiger partial charge in [-0.3, -0.25) is 10.2 Å². The first kappa shape index (κ1) is 18.1. The van der Waals surface area contributed by atoms with E-state index in [9.17, 15) is 4.79 Å². The number of Topliss-reactive ketones (excluding diaryl/α,β-unsaturated/α-hetero) is 1. The minimum atomic E-state index is -0.197. The Bertz CT molecular complexity index is 380. The van der Waals surface area contributed by atoms with Crippen LogP contribution in [0, 0.1) is 0 Å². The van der Waals surface area contributed by atoms with Gasteiger partial charge < -0.3 is 21.4 Å². The maximum absolute atomic E-state index is 11.6. The summed E-state index contributed by atoms with van der Waals surface area (Å²) in [5, 5.41) is 0.0987. The van der Waals surface area contributed by atoms with Crippen LogP contribution in [0.4, 0.5) is 0 Å². The number of ketones is 1. The molecule has 0 atom stereocenters. The van der Waals surface area contributed by atoms with E-state index in [2.05, 4.69) is 23.1 Å². The number of hydrogen-bond donors (Lipinski definition) is 3. The molecule has 17 heavy (non-hydrogen) atoms. The zero-order chi connectivity index (χ0) is 11.3. The fourth-order valence-corrected chi connectivity index (χ4v) is 1.05. The number of hydrazine groups is 1. The summed E-state index contributed by atoms with van der Waals surface area (Å²) in [6, 6.07) is 0. The van der Waals surface area contributed by atoms with Gasteiger partial charge in [0.1, 0.15) is 0 Å². The molecule has 0 aromatic heterocycles. The molecule has 1 rings (SSSR count). The van der Waals surface area contributed by atoms with Gasteiger partial charge in [-0.05, 0) is 24.4 Å². The first-order valence-electron chi connectivity index (χ1n) is 4.13. The molecular weight excluding hydrogens is 296 g/mol. The predicted octanol–water partition coefficient (Wildman–Crippen LogP) is -0.950. The molecule has 0 aromatic rings. The average Bonchev–Trinajstić information content (AvgIpc) is 2.20. The van der Waals surface area contributed by atoms with Gasteiger partial charge in [-0.25, -0.2) is 0 Å². The number of rotatable bonds is 3. The number of nitrogens with two attached hydrogens (primary N) is 1. The summed E-state index contributed by atoms with van der Waals surface area (Å²) in [6.45, 7) is 0. The molecule has 1 aliphatic carbocycles. The van der Waals surface area contributed by atoms with Crippen LogP contribution in [0.15, 0.2) is 35.8 Å². The van der Waals surface area contributed by atoms with E-state index >= 15 is 0 Å². The van der Waals surface area contributed by atoms with E-state index in [1.807, 2.05) is 0 Å². The van der Waals surface area contributed by atoms with E-state index < -0.39 is 0 Å². The van der Waals surface area contributed by atoms with Gasteiger partial charge in [0, 0.05) is 31.3 Å². The normalized spacial score (nSPS) is 15.2. The third kappa shape index (κ3) is 5.58. The van der Waals surface area contributed by atoms with Crippen molar-refractivity contribution in [2.24, 2.45) is 5.73 Å². The van der Waals surface area contributed by atoms with Crippen molar-refractivity contribution in [1.29, 1.82) is 0 Å². The summed E-state index contributed by atoms with van der Waals surface area (Å²) < 4.78 is 4.88. The Balaban J connectivity index is 0. The second-order valence-electron chi connectivity index (χ2n) is 2.66. The second kappa shape index (κ2) is 8.86. The monoisotopic (exact) mass is 307 g/mol. The van der Waals surface area contributed by atoms with Gasteiger partial charge in [0.05, 0.1) is 7.11 Å². The van der Waals surface area contributed by atoms with Crippen molar-refractivity contribution in [3.63, 3.8) is 0 Å². The maximum atomic E-state index is 11.6. The summed E-state index contributed by atoms with van der Waals surface area (Å²) in [5.74, 6) is 0.0955. The number of carbonyl (C=O) groups excluding carboxylic acids is 1. The van der Waals surface area contributed by atoms with Crippen molar-refractivity contribution in [1.82, 2.24) is 10.9 Å². The predicted molar refractivity (Wildman–Crippen MR) is 64.0 cm³/mol. The van der Waals surface area contributed by atoms with Gasteiger partial charge in [-0.1, -0.05) is 6.08 Å². The first-order valence-corrected chi connectivity index (χ1v) is 4.54. The van der Waals surface area contributed by atoms with Crippen molar-refractivity contribution in [3.8, 4) is 0 Å². The fraction of sp³-hybridized carbons (Fsp3) is 0.111. The smallest absolute Gasteiger partial charge is 0.229 e. The molecular formula is C9H13N3O3SZn. The molecule has 0 aromatic carbocycles. The Morgan fingerprint density at radius 2 is 2.24 bits per heavy atom. The number of nitrogens with one attached hydrogen (secondary N) is 2. The third-order valence-electron chi connectivity index (χ3n) is 1.65. The second-order valence-corrected chi connectivity index (χ2v) is 3.10. The molecule has 0 radical (unpaired) electrons. The topological polar surface area (TPSA) is 108 Å². The summed E-state index contributed by atoms with van der Waals surface area (Å²) in [6.07, 6.45) is 6.43. The van der Waals surface area contributed by atoms with E-state index in [1.54, 1.807) is 18.2 Å². The Morgan fingerprint density at radius 1 is 1.59 bits per heavy atom. The van der Waals surface area contributed by atoms with Crippen LogP contribution in [0.2, 0.25) is 0 Å². The van der Waals surface area contributed by atoms with Crippen LogP contribution in [0.3, 0.4) is 0 Å². The molecule has 8 heteroatoms. The minimum absolute atomic E-state index is 0. The number of ether oxygens (including phenoxy) is 1. The molecule has 1 aliphatic rings. The maximum Gasteiger partial charge on any atom is 0.229 e. The molecule has 90 valence electrons. The Morgan fingerprint density at radius 3 is 2.76 bits per heavy atom. The first-order chi connectivity index (χ1) is 7.15. The molecule has 0 spiro atoms. The van der Waals surface area contributed by atoms with Gasteiger partial charge in [-0.15, -0.1) is 0 Å². The molecule has 0 saturated carbocycles. The van der Waals surface area contributed by atoms with Crippen molar-refractivity contribution >= 4 is 23.1 Å². The van der Waals surface area contributed by atoms with Crippen molar-refractivity contribution < 1.29 is 34.5 Å². The molecule has 6 nitrogen and oxygen atoms in total. The number of carbonyl (C=O) groups is 1. The Labute approximate surface area is 117 Å². The quantitative estimate of drug-likeness (QED) is 0.268. The molecule has 0 unspecified atom stereocenters. The zero-order valence-corrected chi connectivity index (χ0v) is 13.1. The van der Waals surface area contributed by atoms with Crippen molar-refractivity contribution in [3.05, 3.63) is 35.8 Å². The van der Waals surface area contributed by atoms with Gasteiger partial charge in [0.2, 0.25) is 5.78 Å². The standard InChI is InChI=1S/C9H11N3O2S.H2O.Zn/c1-14-7-4-2-3-6(8(7)13)5-11-12-9(10)15;;/h2-5,11H,1H3,(H3,10,12,15);1H2;/b6-5-;;. The van der Waals surface area contributed by atoms with E-state index in [1.165, 1.54) is 13.3 Å². The van der Waals surface area contributed by atoms with E-state index in [0.29, 0.717) is 11.3 Å². The fourth-order valence-electron chi connectivity index (χ4n) is 0.992. The van der Waals surface area contributed by atoms with Gasteiger partial charge in [0.25, 0.3) is 0 Å². The minimum Gasteiger partial charge on any atom is -0.493 e. The number of hydrogen-bond acceptors (Lipinski definition) is 4. The third-order valence-corrected chi connectivity index (χ3v) is 1.75. The summed E-state index contributed by atoms with van der Waals surface area (Å²) >= 11 is 4.57. The summed E-state index contributed by atoms with van der Waals surface area (Å²) in [5.41, 5.74) is 10.7. The Kier molecular flexibility index (Phi) is 9.46. The molecule has 0 aliphatic heterocycles. The summed E-state index contributed by atoms with van der Waals surface area (Å²) in [4.78, 5) is 11.6. The van der Waals surface area contributed by atoms with Crippen LogP contribution in [0.1, 0.15) is 0 Å². The van der Waals surface area contributed by atoms with Crippen LogP contribution >= 0.6 is 12.2 Å². The van der Waals surface area contributed by atoms with Crippen LogP contribution in [0.5, 0.6) is 0 Å². The van der Waals surface area contributed by atoms with Crippen molar-refractivity contribution in [2.45, 2.75) is 0 Å². The van der Waals surface area contributed by atoms with Gasteiger partial charge >= 0.3 is 0 Å². The van der Waals surface area contributed by atoms with Crippen LogP contribution in [-0.2, 0) is 29.0 Å². The van der Waals surface area contributed by atoms with E-state index in [0.717, 1.165) is 0 Å². The molecule has 0 amide bonds. The molecule has 0 saturated heterocycles. The molecule has 0 fully saturated rings. The average molecular weight is 309 g/mol. The van der Waals surface area contributed by atoms with E-state index in [4.69, 9.17) is 10.5 Å². The molecule has 6 N–H and O–H groups in total. The van der Waals surface area contributed by atoms with Crippen LogP contribution in [-0.4, -0.2) is 23.5 Å². The molecule has 0 bridgehead atoms. The van der Waals surface area contributed by atoms with Crippen molar-refractivity contribution in [2.75, 3.05) is 7.11 Å². The molecule has 0 heterocycles. The number of methoxy groups -OCH3 is 1. The van der Waals surface area contributed by atoms with Gasteiger partial charge in [-0.2, -0.15) is 0 Å².